The van der Waals surface area contributed by atoms with Crippen LogP contribution in [0, 0.1) is 5.82 Å². The van der Waals surface area contributed by atoms with E-state index in [4.69, 9.17) is 4.74 Å². The van der Waals surface area contributed by atoms with E-state index in [0.29, 0.717) is 36.1 Å². The lowest BCUT2D eigenvalue weighted by molar-refractivity contribution is -0.144. The van der Waals surface area contributed by atoms with Gasteiger partial charge in [0.15, 0.2) is 5.13 Å². The van der Waals surface area contributed by atoms with E-state index in [0.717, 1.165) is 6.54 Å². The second kappa shape index (κ2) is 9.58. The molecular weight excluding hydrogens is 385 g/mol. The van der Waals surface area contributed by atoms with Crippen LogP contribution in [0.4, 0.5) is 14.3 Å². The van der Waals surface area contributed by atoms with Crippen molar-refractivity contribution in [3.8, 4) is 0 Å². The van der Waals surface area contributed by atoms with Crippen LogP contribution in [-0.2, 0) is 22.6 Å². The Balaban J connectivity index is 1.46. The minimum absolute atomic E-state index is 0.109. The van der Waals surface area contributed by atoms with E-state index in [1.165, 1.54) is 23.5 Å². The standard InChI is InChI=1S/C18H22FN5O3S/c1-24(16(25)15-9-20-5-6-27-15)10-14-11-28-18(22-14)23-17(26)21-8-12-3-2-4-13(19)7-12/h2-4,7,11,15,20H,5-6,8-10H2,1H3,(H2,21,22,23,26). The molecule has 1 unspecified atom stereocenters. The molecule has 2 aromatic rings. The van der Waals surface area contributed by atoms with Gasteiger partial charge < -0.3 is 20.3 Å². The number of carbonyl (C=O) groups excluding carboxylic acids is 2. The number of nitrogens with zero attached hydrogens (tertiary/aromatic N) is 2. The molecule has 28 heavy (non-hydrogen) atoms. The summed E-state index contributed by atoms with van der Waals surface area (Å²) in [6, 6.07) is 5.59. The normalized spacial score (nSPS) is 16.4. The van der Waals surface area contributed by atoms with Gasteiger partial charge in [0.05, 0.1) is 18.8 Å². The molecule has 2 heterocycles. The molecule has 3 rings (SSSR count). The molecule has 3 amide bonds. The predicted molar refractivity (Wildman–Crippen MR) is 103 cm³/mol. The Morgan fingerprint density at radius 3 is 3.07 bits per heavy atom. The Morgan fingerprint density at radius 1 is 1.46 bits per heavy atom. The molecule has 10 heteroatoms. The first-order valence-electron chi connectivity index (χ1n) is 8.82. The third-order valence-electron chi connectivity index (χ3n) is 4.09. The van der Waals surface area contributed by atoms with Crippen LogP contribution in [0.25, 0.3) is 0 Å². The fourth-order valence-electron chi connectivity index (χ4n) is 2.70. The van der Waals surface area contributed by atoms with Crippen molar-refractivity contribution in [2.45, 2.75) is 19.2 Å². The molecule has 0 radical (unpaired) electrons. The summed E-state index contributed by atoms with van der Waals surface area (Å²) in [5.41, 5.74) is 1.33. The molecule has 1 atom stereocenters. The van der Waals surface area contributed by atoms with Gasteiger partial charge >= 0.3 is 6.03 Å². The van der Waals surface area contributed by atoms with E-state index in [2.05, 4.69) is 20.9 Å². The van der Waals surface area contributed by atoms with E-state index < -0.39 is 12.1 Å². The van der Waals surface area contributed by atoms with Gasteiger partial charge in [-0.2, -0.15) is 0 Å². The summed E-state index contributed by atoms with van der Waals surface area (Å²) in [6.45, 7) is 2.28. The van der Waals surface area contributed by atoms with Gasteiger partial charge in [-0.15, -0.1) is 11.3 Å². The summed E-state index contributed by atoms with van der Waals surface area (Å²) in [5.74, 6) is -0.458. The van der Waals surface area contributed by atoms with Crippen molar-refractivity contribution >= 4 is 28.4 Å². The Labute approximate surface area is 166 Å². The first kappa shape index (κ1) is 20.2. The molecule has 1 aliphatic rings. The molecule has 8 nitrogen and oxygen atoms in total. The second-order valence-corrected chi connectivity index (χ2v) is 7.20. The van der Waals surface area contributed by atoms with Crippen LogP contribution in [0.3, 0.4) is 0 Å². The Bertz CT molecular complexity index is 825. The molecule has 1 aromatic carbocycles. The number of amides is 3. The van der Waals surface area contributed by atoms with Gasteiger partial charge in [0.1, 0.15) is 11.9 Å². The summed E-state index contributed by atoms with van der Waals surface area (Å²) in [5, 5.41) is 10.6. The molecule has 150 valence electrons. The van der Waals surface area contributed by atoms with E-state index in [9.17, 15) is 14.0 Å². The molecule has 0 aliphatic carbocycles. The van der Waals surface area contributed by atoms with Crippen LogP contribution in [0.2, 0.25) is 0 Å². The highest BCUT2D eigenvalue weighted by molar-refractivity contribution is 7.13. The lowest BCUT2D eigenvalue weighted by Crippen LogP contribution is -2.48. The minimum atomic E-state index is -0.483. The van der Waals surface area contributed by atoms with Crippen molar-refractivity contribution in [2.75, 3.05) is 32.1 Å². The third kappa shape index (κ3) is 5.72. The number of benzene rings is 1. The molecule has 3 N–H and O–H groups in total. The van der Waals surface area contributed by atoms with Crippen LogP contribution < -0.4 is 16.0 Å². The molecule has 0 saturated carbocycles. The van der Waals surface area contributed by atoms with Gasteiger partial charge in [-0.05, 0) is 17.7 Å². The fraction of sp³-hybridized carbons (Fsp3) is 0.389. The predicted octanol–water partition coefficient (Wildman–Crippen LogP) is 1.55. The maximum absolute atomic E-state index is 13.1. The van der Waals surface area contributed by atoms with Crippen molar-refractivity contribution in [1.29, 1.82) is 0 Å². The highest BCUT2D eigenvalue weighted by atomic mass is 32.1. The molecule has 1 aliphatic heterocycles. The number of urea groups is 1. The lowest BCUT2D eigenvalue weighted by atomic mass is 10.2. The number of aromatic nitrogens is 1. The summed E-state index contributed by atoms with van der Waals surface area (Å²) < 4.78 is 18.6. The number of hydrogen-bond acceptors (Lipinski definition) is 6. The highest BCUT2D eigenvalue weighted by Gasteiger charge is 2.25. The summed E-state index contributed by atoms with van der Waals surface area (Å²) in [4.78, 5) is 30.2. The van der Waals surface area contributed by atoms with Gasteiger partial charge in [0.2, 0.25) is 0 Å². The van der Waals surface area contributed by atoms with E-state index in [1.807, 2.05) is 0 Å². The number of hydrogen-bond donors (Lipinski definition) is 3. The quantitative estimate of drug-likeness (QED) is 0.675. The first-order chi connectivity index (χ1) is 13.5. The van der Waals surface area contributed by atoms with Crippen molar-refractivity contribution in [3.05, 3.63) is 46.7 Å². The highest BCUT2D eigenvalue weighted by Crippen LogP contribution is 2.17. The van der Waals surface area contributed by atoms with Gasteiger partial charge in [-0.1, -0.05) is 12.1 Å². The van der Waals surface area contributed by atoms with Crippen molar-refractivity contribution < 1.29 is 18.7 Å². The topological polar surface area (TPSA) is 95.6 Å². The van der Waals surface area contributed by atoms with Crippen molar-refractivity contribution in [2.24, 2.45) is 0 Å². The monoisotopic (exact) mass is 407 g/mol. The van der Waals surface area contributed by atoms with Crippen LogP contribution in [-0.4, -0.2) is 54.7 Å². The average Bonchev–Trinajstić information content (AvgIpc) is 3.13. The summed E-state index contributed by atoms with van der Waals surface area (Å²) >= 11 is 1.27. The molecule has 0 spiro atoms. The lowest BCUT2D eigenvalue weighted by Gasteiger charge is -2.26. The third-order valence-corrected chi connectivity index (χ3v) is 4.90. The molecule has 1 saturated heterocycles. The van der Waals surface area contributed by atoms with Gasteiger partial charge in [-0.25, -0.2) is 14.2 Å². The fourth-order valence-corrected chi connectivity index (χ4v) is 3.39. The molecular formula is C18H22FN5O3S. The van der Waals surface area contributed by atoms with Crippen molar-refractivity contribution in [1.82, 2.24) is 20.5 Å². The SMILES string of the molecule is CN(Cc1csc(NC(=O)NCc2cccc(F)c2)n1)C(=O)C1CNCCO1. The zero-order valence-electron chi connectivity index (χ0n) is 15.4. The maximum Gasteiger partial charge on any atom is 0.321 e. The Hall–Kier alpha value is -2.56. The Morgan fingerprint density at radius 2 is 2.32 bits per heavy atom. The number of ether oxygens (including phenoxy) is 1. The molecule has 1 fully saturated rings. The smallest absolute Gasteiger partial charge is 0.321 e. The van der Waals surface area contributed by atoms with E-state index in [1.54, 1.807) is 29.5 Å². The molecule has 0 bridgehead atoms. The number of anilines is 1. The zero-order valence-corrected chi connectivity index (χ0v) is 16.2. The average molecular weight is 407 g/mol. The number of nitrogens with one attached hydrogen (secondary N) is 3. The van der Waals surface area contributed by atoms with Crippen LogP contribution in [0.1, 0.15) is 11.3 Å². The number of rotatable bonds is 6. The molecule has 1 aromatic heterocycles. The van der Waals surface area contributed by atoms with E-state index in [-0.39, 0.29) is 18.3 Å². The van der Waals surface area contributed by atoms with Crippen molar-refractivity contribution in [3.63, 3.8) is 0 Å². The minimum Gasteiger partial charge on any atom is -0.366 e. The largest absolute Gasteiger partial charge is 0.366 e. The van der Waals surface area contributed by atoms with Crippen LogP contribution >= 0.6 is 11.3 Å². The van der Waals surface area contributed by atoms with Gasteiger partial charge in [0, 0.05) is 32.1 Å². The van der Waals surface area contributed by atoms with E-state index >= 15 is 0 Å². The number of likely N-dealkylation sites (N-methyl/N-ethyl adjacent to an activating group) is 1. The number of thiazole rings is 1. The van der Waals surface area contributed by atoms with Gasteiger partial charge in [0.25, 0.3) is 5.91 Å². The second-order valence-electron chi connectivity index (χ2n) is 6.34. The maximum atomic E-state index is 13.1. The van der Waals surface area contributed by atoms with Crippen LogP contribution in [0.15, 0.2) is 29.6 Å². The summed E-state index contributed by atoms with van der Waals surface area (Å²) in [7, 11) is 1.69. The Kier molecular flexibility index (Phi) is 6.90. The van der Waals surface area contributed by atoms with Gasteiger partial charge in [-0.3, -0.25) is 10.1 Å². The number of morpholine rings is 1. The number of carbonyl (C=O) groups is 2. The van der Waals surface area contributed by atoms with Crippen LogP contribution in [0.5, 0.6) is 0 Å². The first-order valence-corrected chi connectivity index (χ1v) is 9.70. The zero-order chi connectivity index (χ0) is 19.9. The number of halogens is 1. The summed E-state index contributed by atoms with van der Waals surface area (Å²) in [6.07, 6.45) is -0.483.